The third-order valence-electron chi connectivity index (χ3n) is 5.65. The van der Waals surface area contributed by atoms with Gasteiger partial charge in [-0.1, -0.05) is 44.9 Å². The maximum Gasteiger partial charge on any atom is 0.254 e. The van der Waals surface area contributed by atoms with Gasteiger partial charge in [0.15, 0.2) is 0 Å². The molecule has 0 atom stereocenters. The lowest BCUT2D eigenvalue weighted by atomic mass is 9.87. The number of nitrogens with zero attached hydrogens (tertiary/aromatic N) is 2. The van der Waals surface area contributed by atoms with E-state index in [1.165, 1.54) is 0 Å². The average molecular weight is 389 g/mol. The van der Waals surface area contributed by atoms with Gasteiger partial charge in [-0.3, -0.25) is 9.59 Å². The minimum absolute atomic E-state index is 0.0445. The minimum Gasteiger partial charge on any atom is -0.366 e. The highest BCUT2D eigenvalue weighted by Crippen LogP contribution is 2.32. The molecule has 0 aromatic heterocycles. The highest BCUT2D eigenvalue weighted by molar-refractivity contribution is 6.04. The van der Waals surface area contributed by atoms with Gasteiger partial charge in [-0.15, -0.1) is 0 Å². The number of carbonyl (C=O) groups is 2. The minimum atomic E-state index is -0.544. The molecule has 29 heavy (non-hydrogen) atoms. The van der Waals surface area contributed by atoms with Crippen LogP contribution in [0.2, 0.25) is 0 Å². The van der Waals surface area contributed by atoms with Crippen LogP contribution in [0.3, 0.4) is 0 Å². The van der Waals surface area contributed by atoms with E-state index in [0.717, 1.165) is 31.2 Å². The molecule has 1 aliphatic heterocycles. The van der Waals surface area contributed by atoms with Crippen molar-refractivity contribution in [1.29, 1.82) is 5.26 Å². The monoisotopic (exact) mass is 389 g/mol. The van der Waals surface area contributed by atoms with Crippen molar-refractivity contribution in [1.82, 2.24) is 4.90 Å². The fraction of sp³-hybridized carbons (Fsp3) is 0.375. The second-order valence-corrected chi connectivity index (χ2v) is 7.55. The number of hydrogen-bond donors (Lipinski definition) is 1. The molecular weight excluding hydrogens is 362 g/mol. The summed E-state index contributed by atoms with van der Waals surface area (Å²) in [4.78, 5) is 27.6. The summed E-state index contributed by atoms with van der Waals surface area (Å²) in [6.07, 6.45) is 4.58. The zero-order chi connectivity index (χ0) is 21.0. The van der Waals surface area contributed by atoms with Crippen LogP contribution >= 0.6 is 0 Å². The highest BCUT2D eigenvalue weighted by Gasteiger charge is 2.32. The van der Waals surface area contributed by atoms with Gasteiger partial charge in [0.2, 0.25) is 5.91 Å². The van der Waals surface area contributed by atoms with Crippen LogP contribution in [0.5, 0.6) is 0 Å². The van der Waals surface area contributed by atoms with Gasteiger partial charge in [-0.2, -0.15) is 5.26 Å². The Bertz CT molecular complexity index is 969. The Kier molecular flexibility index (Phi) is 6.33. The van der Waals surface area contributed by atoms with Crippen LogP contribution in [0.4, 0.5) is 0 Å². The molecule has 1 aliphatic rings. The van der Waals surface area contributed by atoms with Gasteiger partial charge in [0.25, 0.3) is 5.91 Å². The maximum atomic E-state index is 13.4. The van der Waals surface area contributed by atoms with Crippen molar-refractivity contribution < 1.29 is 9.59 Å². The summed E-state index contributed by atoms with van der Waals surface area (Å²) in [6, 6.07) is 13.1. The third-order valence-corrected chi connectivity index (χ3v) is 5.65. The summed E-state index contributed by atoms with van der Waals surface area (Å²) in [6.45, 7) is 4.87. The lowest BCUT2D eigenvalue weighted by molar-refractivity contribution is 0.0637. The zero-order valence-corrected chi connectivity index (χ0v) is 17.1. The van der Waals surface area contributed by atoms with Crippen LogP contribution in [0.15, 0.2) is 36.4 Å². The van der Waals surface area contributed by atoms with E-state index in [9.17, 15) is 14.9 Å². The Morgan fingerprint density at radius 2 is 1.86 bits per heavy atom. The molecule has 2 aromatic carbocycles. The highest BCUT2D eigenvalue weighted by atomic mass is 16.2. The van der Waals surface area contributed by atoms with Gasteiger partial charge in [0.05, 0.1) is 11.6 Å². The zero-order valence-electron chi connectivity index (χ0n) is 17.1. The number of primary amides is 1. The van der Waals surface area contributed by atoms with Crippen molar-refractivity contribution in [2.24, 2.45) is 5.73 Å². The van der Waals surface area contributed by atoms with Crippen molar-refractivity contribution in [3.63, 3.8) is 0 Å². The molecule has 0 fully saturated rings. The molecule has 2 amide bonds. The van der Waals surface area contributed by atoms with E-state index in [0.29, 0.717) is 40.8 Å². The van der Waals surface area contributed by atoms with Crippen LogP contribution < -0.4 is 5.73 Å². The van der Waals surface area contributed by atoms with Crippen LogP contribution in [-0.4, -0.2) is 29.3 Å². The number of amides is 2. The SMILES string of the molecule is CCCC(CCC)N1CCc2c(C(N)=O)cc(-c3ccccc3C#N)cc2C1=O. The first-order chi connectivity index (χ1) is 14.0. The normalized spacial score (nSPS) is 13.3. The fourth-order valence-corrected chi connectivity index (χ4v) is 4.30. The molecule has 3 rings (SSSR count). The summed E-state index contributed by atoms with van der Waals surface area (Å²) in [5.41, 5.74) is 9.17. The maximum absolute atomic E-state index is 13.4. The van der Waals surface area contributed by atoms with Gasteiger partial charge in [0, 0.05) is 23.7 Å². The molecule has 0 saturated heterocycles. The first-order valence-corrected chi connectivity index (χ1v) is 10.3. The number of carbonyl (C=O) groups excluding carboxylic acids is 2. The summed E-state index contributed by atoms with van der Waals surface area (Å²) < 4.78 is 0. The fourth-order valence-electron chi connectivity index (χ4n) is 4.30. The predicted octanol–water partition coefficient (Wildman–Crippen LogP) is 4.29. The number of benzene rings is 2. The Labute approximate surface area is 172 Å². The van der Waals surface area contributed by atoms with Crippen molar-refractivity contribution in [2.75, 3.05) is 6.54 Å². The molecule has 2 N–H and O–H groups in total. The van der Waals surface area contributed by atoms with Gasteiger partial charge >= 0.3 is 0 Å². The first-order valence-electron chi connectivity index (χ1n) is 10.3. The second kappa shape index (κ2) is 8.91. The molecule has 0 radical (unpaired) electrons. The van der Waals surface area contributed by atoms with E-state index in [1.54, 1.807) is 18.2 Å². The molecular formula is C24H27N3O2. The Morgan fingerprint density at radius 3 is 2.48 bits per heavy atom. The van der Waals surface area contributed by atoms with Crippen molar-refractivity contribution in [2.45, 2.75) is 52.0 Å². The Hall–Kier alpha value is -3.13. The molecule has 0 spiro atoms. The number of nitriles is 1. The first kappa shape index (κ1) is 20.6. The quantitative estimate of drug-likeness (QED) is 0.766. The predicted molar refractivity (Wildman–Crippen MR) is 113 cm³/mol. The molecule has 0 unspecified atom stereocenters. The Balaban J connectivity index is 2.13. The number of rotatable bonds is 7. The smallest absolute Gasteiger partial charge is 0.254 e. The molecule has 0 saturated carbocycles. The van der Waals surface area contributed by atoms with Crippen molar-refractivity contribution in [3.8, 4) is 17.2 Å². The van der Waals surface area contributed by atoms with E-state index in [1.807, 2.05) is 23.1 Å². The van der Waals surface area contributed by atoms with E-state index in [2.05, 4.69) is 19.9 Å². The van der Waals surface area contributed by atoms with Crippen molar-refractivity contribution >= 4 is 11.8 Å². The topological polar surface area (TPSA) is 87.2 Å². The molecule has 2 aromatic rings. The van der Waals surface area contributed by atoms with Crippen LogP contribution in [-0.2, 0) is 6.42 Å². The molecule has 1 heterocycles. The van der Waals surface area contributed by atoms with E-state index in [-0.39, 0.29) is 11.9 Å². The molecule has 0 bridgehead atoms. The average Bonchev–Trinajstić information content (AvgIpc) is 2.73. The van der Waals surface area contributed by atoms with E-state index >= 15 is 0 Å². The number of hydrogen-bond acceptors (Lipinski definition) is 3. The second-order valence-electron chi connectivity index (χ2n) is 7.55. The van der Waals surface area contributed by atoms with Crippen LogP contribution in [0.1, 0.15) is 71.4 Å². The Morgan fingerprint density at radius 1 is 1.17 bits per heavy atom. The van der Waals surface area contributed by atoms with Gasteiger partial charge in [0.1, 0.15) is 0 Å². The van der Waals surface area contributed by atoms with Gasteiger partial charge in [-0.05, 0) is 54.2 Å². The van der Waals surface area contributed by atoms with Crippen molar-refractivity contribution in [3.05, 3.63) is 58.7 Å². The standard InChI is InChI=1S/C24H27N3O2/c1-3-7-18(8-4-2)27-12-11-20-21(23(26)28)13-17(14-22(20)24(27)29)19-10-6-5-9-16(19)15-25/h5-6,9-10,13-14,18H,3-4,7-8,11-12H2,1-2H3,(H2,26,28). The lowest BCUT2D eigenvalue weighted by Gasteiger charge is -2.36. The molecule has 150 valence electrons. The number of nitrogens with two attached hydrogens (primary N) is 1. The summed E-state index contributed by atoms with van der Waals surface area (Å²) in [7, 11) is 0. The third kappa shape index (κ3) is 4.02. The summed E-state index contributed by atoms with van der Waals surface area (Å²) in [5.74, 6) is -0.589. The van der Waals surface area contributed by atoms with Gasteiger partial charge < -0.3 is 10.6 Å². The lowest BCUT2D eigenvalue weighted by Crippen LogP contribution is -2.45. The molecule has 5 heteroatoms. The van der Waals surface area contributed by atoms with Crippen LogP contribution in [0, 0.1) is 11.3 Å². The largest absolute Gasteiger partial charge is 0.366 e. The summed E-state index contributed by atoms with van der Waals surface area (Å²) in [5, 5.41) is 9.46. The number of fused-ring (bicyclic) bond motifs is 1. The molecule has 5 nitrogen and oxygen atoms in total. The van der Waals surface area contributed by atoms with Crippen LogP contribution in [0.25, 0.3) is 11.1 Å². The summed E-state index contributed by atoms with van der Waals surface area (Å²) >= 11 is 0. The van der Waals surface area contributed by atoms with E-state index < -0.39 is 5.91 Å². The van der Waals surface area contributed by atoms with Gasteiger partial charge in [-0.25, -0.2) is 0 Å². The molecule has 0 aliphatic carbocycles. The van der Waals surface area contributed by atoms with E-state index in [4.69, 9.17) is 5.73 Å².